The lowest BCUT2D eigenvalue weighted by molar-refractivity contribution is 0.0167. The molecule has 0 saturated heterocycles. The van der Waals surface area contributed by atoms with Gasteiger partial charge in [-0.3, -0.25) is 4.98 Å². The number of nitriles is 1. The molecule has 0 aliphatic heterocycles. The second kappa shape index (κ2) is 5.58. The number of pyridine rings is 1. The molecule has 19 heavy (non-hydrogen) atoms. The first-order valence-electron chi connectivity index (χ1n) is 6.89. The average molecular weight is 259 g/mol. The molecule has 4 heteroatoms. The van der Waals surface area contributed by atoms with Crippen molar-refractivity contribution in [1.29, 1.82) is 5.26 Å². The molecule has 1 fully saturated rings. The first kappa shape index (κ1) is 13.8. The van der Waals surface area contributed by atoms with Gasteiger partial charge in [0.25, 0.3) is 0 Å². The number of hydrogen-bond donors (Lipinski definition) is 2. The fraction of sp³-hybridized carbons (Fsp3) is 0.600. The standard InChI is InChI=1S/C15H21N3O/c1-11-8-14(13(9-16)12(2)18-11)17-10-15(19)6-4-3-5-7-15/h8,19H,3-7,10H2,1-2H3,(H,17,18). The monoisotopic (exact) mass is 259 g/mol. The van der Waals surface area contributed by atoms with E-state index in [1.807, 2.05) is 19.9 Å². The van der Waals surface area contributed by atoms with Crippen LogP contribution in [0.4, 0.5) is 5.69 Å². The lowest BCUT2D eigenvalue weighted by Crippen LogP contribution is -2.39. The summed E-state index contributed by atoms with van der Waals surface area (Å²) in [4.78, 5) is 4.29. The number of hydrogen-bond acceptors (Lipinski definition) is 4. The predicted molar refractivity (Wildman–Crippen MR) is 75.0 cm³/mol. The van der Waals surface area contributed by atoms with E-state index in [0.717, 1.165) is 42.8 Å². The third kappa shape index (κ3) is 3.24. The molecule has 1 aliphatic carbocycles. The van der Waals surface area contributed by atoms with Crippen LogP contribution >= 0.6 is 0 Å². The zero-order valence-electron chi connectivity index (χ0n) is 11.7. The zero-order valence-corrected chi connectivity index (χ0v) is 11.7. The van der Waals surface area contributed by atoms with Gasteiger partial charge in [-0.25, -0.2) is 0 Å². The highest BCUT2D eigenvalue weighted by atomic mass is 16.3. The van der Waals surface area contributed by atoms with Gasteiger partial charge in [-0.2, -0.15) is 5.26 Å². The van der Waals surface area contributed by atoms with Crippen LogP contribution in [0.15, 0.2) is 6.07 Å². The molecule has 0 unspecified atom stereocenters. The van der Waals surface area contributed by atoms with Gasteiger partial charge in [0.1, 0.15) is 6.07 Å². The molecule has 1 aliphatic rings. The largest absolute Gasteiger partial charge is 0.388 e. The maximum atomic E-state index is 10.5. The minimum atomic E-state index is -0.629. The van der Waals surface area contributed by atoms with Gasteiger partial charge in [0, 0.05) is 12.2 Å². The number of nitrogens with zero attached hydrogens (tertiary/aromatic N) is 2. The maximum absolute atomic E-state index is 10.5. The van der Waals surface area contributed by atoms with E-state index in [4.69, 9.17) is 0 Å². The molecule has 1 aromatic heterocycles. The quantitative estimate of drug-likeness (QED) is 0.875. The molecule has 4 nitrogen and oxygen atoms in total. The number of aliphatic hydroxyl groups is 1. The van der Waals surface area contributed by atoms with E-state index >= 15 is 0 Å². The van der Waals surface area contributed by atoms with Gasteiger partial charge in [-0.1, -0.05) is 19.3 Å². The fourth-order valence-electron chi connectivity index (χ4n) is 2.76. The van der Waals surface area contributed by atoms with Crippen molar-refractivity contribution in [3.8, 4) is 6.07 Å². The Labute approximate surface area is 114 Å². The van der Waals surface area contributed by atoms with E-state index < -0.39 is 5.60 Å². The van der Waals surface area contributed by atoms with Crippen LogP contribution < -0.4 is 5.32 Å². The topological polar surface area (TPSA) is 68.9 Å². The third-order valence-electron chi connectivity index (χ3n) is 3.83. The minimum Gasteiger partial charge on any atom is -0.388 e. The predicted octanol–water partition coefficient (Wildman–Crippen LogP) is 2.68. The van der Waals surface area contributed by atoms with Crippen molar-refractivity contribution < 1.29 is 5.11 Å². The number of nitrogens with one attached hydrogen (secondary N) is 1. The molecule has 2 N–H and O–H groups in total. The van der Waals surface area contributed by atoms with Crippen LogP contribution in [-0.2, 0) is 0 Å². The molecule has 0 spiro atoms. The van der Waals surface area contributed by atoms with Gasteiger partial charge >= 0.3 is 0 Å². The summed E-state index contributed by atoms with van der Waals surface area (Å²) in [5.74, 6) is 0. The van der Waals surface area contributed by atoms with E-state index in [-0.39, 0.29) is 0 Å². The van der Waals surface area contributed by atoms with Crippen LogP contribution in [0.3, 0.4) is 0 Å². The van der Waals surface area contributed by atoms with Crippen LogP contribution in [0.2, 0.25) is 0 Å². The van der Waals surface area contributed by atoms with E-state index in [0.29, 0.717) is 12.1 Å². The van der Waals surface area contributed by atoms with E-state index in [9.17, 15) is 10.4 Å². The summed E-state index contributed by atoms with van der Waals surface area (Å²) in [6.45, 7) is 4.26. The molecule has 0 bridgehead atoms. The summed E-state index contributed by atoms with van der Waals surface area (Å²) in [5.41, 5.74) is 2.35. The molecule has 0 aromatic carbocycles. The molecular weight excluding hydrogens is 238 g/mol. The number of aromatic nitrogens is 1. The molecule has 1 heterocycles. The summed E-state index contributed by atoms with van der Waals surface area (Å²) in [6, 6.07) is 4.06. The molecule has 0 amide bonds. The van der Waals surface area contributed by atoms with Gasteiger partial charge in [0.15, 0.2) is 0 Å². The maximum Gasteiger partial charge on any atom is 0.103 e. The van der Waals surface area contributed by atoms with Gasteiger partial charge in [0.05, 0.1) is 22.5 Å². The smallest absolute Gasteiger partial charge is 0.103 e. The molecular formula is C15H21N3O. The number of aryl methyl sites for hydroxylation is 2. The van der Waals surface area contributed by atoms with Crippen molar-refractivity contribution in [2.24, 2.45) is 0 Å². The van der Waals surface area contributed by atoms with Gasteiger partial charge in [-0.05, 0) is 32.8 Å². The second-order valence-corrected chi connectivity index (χ2v) is 5.52. The van der Waals surface area contributed by atoms with Crippen LogP contribution in [0, 0.1) is 25.2 Å². The average Bonchev–Trinajstić information content (AvgIpc) is 2.37. The molecule has 1 saturated carbocycles. The van der Waals surface area contributed by atoms with Crippen LogP contribution in [0.1, 0.15) is 49.1 Å². The Bertz CT molecular complexity index is 499. The van der Waals surface area contributed by atoms with Crippen molar-refractivity contribution in [3.63, 3.8) is 0 Å². The Morgan fingerprint density at radius 2 is 2.05 bits per heavy atom. The summed E-state index contributed by atoms with van der Waals surface area (Å²) < 4.78 is 0. The highest BCUT2D eigenvalue weighted by molar-refractivity contribution is 5.60. The Morgan fingerprint density at radius 1 is 1.37 bits per heavy atom. The summed E-state index contributed by atoms with van der Waals surface area (Å²) >= 11 is 0. The van der Waals surface area contributed by atoms with Crippen molar-refractivity contribution >= 4 is 5.69 Å². The van der Waals surface area contributed by atoms with Crippen molar-refractivity contribution in [2.75, 3.05) is 11.9 Å². The Kier molecular flexibility index (Phi) is 4.06. The third-order valence-corrected chi connectivity index (χ3v) is 3.83. The van der Waals surface area contributed by atoms with E-state index in [2.05, 4.69) is 16.4 Å². The number of rotatable bonds is 3. The second-order valence-electron chi connectivity index (χ2n) is 5.52. The van der Waals surface area contributed by atoms with Crippen LogP contribution in [-0.4, -0.2) is 22.2 Å². The van der Waals surface area contributed by atoms with Crippen LogP contribution in [0.5, 0.6) is 0 Å². The van der Waals surface area contributed by atoms with Crippen LogP contribution in [0.25, 0.3) is 0 Å². The molecule has 0 radical (unpaired) electrons. The van der Waals surface area contributed by atoms with Gasteiger partial charge in [-0.15, -0.1) is 0 Å². The SMILES string of the molecule is Cc1cc(NCC2(O)CCCCC2)c(C#N)c(C)n1. The van der Waals surface area contributed by atoms with Crippen molar-refractivity contribution in [2.45, 2.75) is 51.6 Å². The van der Waals surface area contributed by atoms with Gasteiger partial charge in [0.2, 0.25) is 0 Å². The summed E-state index contributed by atoms with van der Waals surface area (Å²) in [5, 5.41) is 22.9. The number of anilines is 1. The minimum absolute atomic E-state index is 0.505. The summed E-state index contributed by atoms with van der Waals surface area (Å²) in [7, 11) is 0. The molecule has 1 aromatic rings. The Hall–Kier alpha value is -1.60. The van der Waals surface area contributed by atoms with E-state index in [1.165, 1.54) is 6.42 Å². The van der Waals surface area contributed by atoms with Crippen molar-refractivity contribution in [1.82, 2.24) is 4.98 Å². The van der Waals surface area contributed by atoms with Crippen molar-refractivity contribution in [3.05, 3.63) is 23.0 Å². The highest BCUT2D eigenvalue weighted by Crippen LogP contribution is 2.29. The molecule has 2 rings (SSSR count). The Morgan fingerprint density at radius 3 is 2.68 bits per heavy atom. The van der Waals surface area contributed by atoms with E-state index in [1.54, 1.807) is 0 Å². The highest BCUT2D eigenvalue weighted by Gasteiger charge is 2.29. The Balaban J connectivity index is 2.13. The summed E-state index contributed by atoms with van der Waals surface area (Å²) in [6.07, 6.45) is 5.05. The van der Waals surface area contributed by atoms with Gasteiger partial charge < -0.3 is 10.4 Å². The molecule has 0 atom stereocenters. The first-order chi connectivity index (χ1) is 9.04. The fourth-order valence-corrected chi connectivity index (χ4v) is 2.76. The zero-order chi connectivity index (χ0) is 13.9. The first-order valence-corrected chi connectivity index (χ1v) is 6.89. The molecule has 102 valence electrons. The lowest BCUT2D eigenvalue weighted by Gasteiger charge is -2.32. The normalized spacial score (nSPS) is 17.8. The lowest BCUT2D eigenvalue weighted by atomic mass is 9.85.